The lowest BCUT2D eigenvalue weighted by Gasteiger charge is -2.32. The molecule has 1 aliphatic carbocycles. The molecule has 0 atom stereocenters. The highest BCUT2D eigenvalue weighted by atomic mass is 35.5. The zero-order valence-corrected chi connectivity index (χ0v) is 17.1. The van der Waals surface area contributed by atoms with Gasteiger partial charge in [0.1, 0.15) is 0 Å². The summed E-state index contributed by atoms with van der Waals surface area (Å²) in [5.74, 6) is 0.124. The first-order chi connectivity index (χ1) is 14.0. The van der Waals surface area contributed by atoms with Gasteiger partial charge in [0.15, 0.2) is 0 Å². The molecule has 2 amide bonds. The second-order valence-electron chi connectivity index (χ2n) is 8.03. The van der Waals surface area contributed by atoms with Gasteiger partial charge in [0, 0.05) is 29.8 Å². The van der Waals surface area contributed by atoms with Crippen LogP contribution in [0.1, 0.15) is 31.2 Å². The van der Waals surface area contributed by atoms with Crippen molar-refractivity contribution in [3.63, 3.8) is 0 Å². The molecule has 0 unspecified atom stereocenters. The number of likely N-dealkylation sites (tertiary alicyclic amines) is 1. The molecule has 1 saturated heterocycles. The third kappa shape index (κ3) is 4.80. The minimum atomic E-state index is -0.378. The fourth-order valence-corrected chi connectivity index (χ4v) is 4.15. The highest BCUT2D eigenvalue weighted by molar-refractivity contribution is 6.30. The Morgan fingerprint density at radius 1 is 1.00 bits per heavy atom. The van der Waals surface area contributed by atoms with Crippen molar-refractivity contribution < 1.29 is 9.59 Å². The van der Waals surface area contributed by atoms with E-state index in [1.54, 1.807) is 0 Å². The first-order valence-electron chi connectivity index (χ1n) is 10.2. The summed E-state index contributed by atoms with van der Waals surface area (Å²) in [6.45, 7) is 1.99. The first-order valence-corrected chi connectivity index (χ1v) is 10.6. The van der Waals surface area contributed by atoms with Crippen molar-refractivity contribution >= 4 is 29.1 Å². The van der Waals surface area contributed by atoms with E-state index in [0.717, 1.165) is 50.0 Å². The lowest BCUT2D eigenvalue weighted by atomic mass is 9.94. The Morgan fingerprint density at radius 2 is 1.66 bits per heavy atom. The van der Waals surface area contributed by atoms with Crippen LogP contribution < -0.4 is 10.6 Å². The van der Waals surface area contributed by atoms with Crippen LogP contribution in [0.2, 0.25) is 5.02 Å². The molecule has 2 fully saturated rings. The van der Waals surface area contributed by atoms with Gasteiger partial charge in [-0.25, -0.2) is 0 Å². The predicted octanol–water partition coefficient (Wildman–Crippen LogP) is 3.59. The standard InChI is InChI=1S/C23H26ClN3O2/c24-18-8-6-17(7-9-18)23(12-13-23)22(29)26-20-10-14-27(15-11-20)16-21(28)25-19-4-2-1-3-5-19/h1-9,20H,10-16H2,(H,25,28)(H,26,29). The lowest BCUT2D eigenvalue weighted by molar-refractivity contribution is -0.125. The number of amides is 2. The van der Waals surface area contributed by atoms with Crippen LogP contribution >= 0.6 is 11.6 Å². The van der Waals surface area contributed by atoms with E-state index in [1.165, 1.54) is 0 Å². The van der Waals surface area contributed by atoms with E-state index < -0.39 is 0 Å². The number of halogens is 1. The van der Waals surface area contributed by atoms with E-state index in [0.29, 0.717) is 11.6 Å². The second kappa shape index (κ2) is 8.56. The van der Waals surface area contributed by atoms with E-state index in [9.17, 15) is 9.59 Å². The molecule has 0 bridgehead atoms. The summed E-state index contributed by atoms with van der Waals surface area (Å²) in [6.07, 6.45) is 3.50. The van der Waals surface area contributed by atoms with Crippen molar-refractivity contribution in [3.05, 3.63) is 65.2 Å². The molecule has 5 nitrogen and oxygen atoms in total. The molecule has 152 valence electrons. The number of benzene rings is 2. The van der Waals surface area contributed by atoms with Gasteiger partial charge in [-0.05, 0) is 55.5 Å². The van der Waals surface area contributed by atoms with Crippen LogP contribution in [0.4, 0.5) is 5.69 Å². The minimum Gasteiger partial charge on any atom is -0.353 e. The number of rotatable bonds is 6. The number of para-hydroxylation sites is 1. The number of nitrogens with zero attached hydrogens (tertiary/aromatic N) is 1. The van der Waals surface area contributed by atoms with Crippen LogP contribution in [0.15, 0.2) is 54.6 Å². The Balaban J connectivity index is 1.24. The van der Waals surface area contributed by atoms with Gasteiger partial charge in [0.25, 0.3) is 0 Å². The van der Waals surface area contributed by atoms with Crippen LogP contribution in [0.3, 0.4) is 0 Å². The molecular weight excluding hydrogens is 386 g/mol. The molecule has 2 aliphatic rings. The topological polar surface area (TPSA) is 61.4 Å². The van der Waals surface area contributed by atoms with Gasteiger partial charge in [-0.15, -0.1) is 0 Å². The number of carbonyl (C=O) groups excluding carboxylic acids is 2. The molecule has 0 aromatic heterocycles. The third-order valence-electron chi connectivity index (χ3n) is 5.93. The minimum absolute atomic E-state index is 0.00152. The quantitative estimate of drug-likeness (QED) is 0.763. The monoisotopic (exact) mass is 411 g/mol. The molecule has 1 aliphatic heterocycles. The van der Waals surface area contributed by atoms with E-state index in [2.05, 4.69) is 15.5 Å². The number of hydrogen-bond acceptors (Lipinski definition) is 3. The molecule has 2 aromatic rings. The van der Waals surface area contributed by atoms with Crippen LogP contribution in [0.5, 0.6) is 0 Å². The Hall–Kier alpha value is -2.37. The molecular formula is C23H26ClN3O2. The maximum Gasteiger partial charge on any atom is 0.238 e. The van der Waals surface area contributed by atoms with Crippen LogP contribution in [-0.2, 0) is 15.0 Å². The fourth-order valence-electron chi connectivity index (χ4n) is 4.02. The average molecular weight is 412 g/mol. The lowest BCUT2D eigenvalue weighted by Crippen LogP contribution is -2.48. The van der Waals surface area contributed by atoms with Crippen LogP contribution in [0.25, 0.3) is 0 Å². The van der Waals surface area contributed by atoms with Crippen molar-refractivity contribution in [1.29, 1.82) is 0 Å². The van der Waals surface area contributed by atoms with E-state index in [4.69, 9.17) is 11.6 Å². The van der Waals surface area contributed by atoms with Gasteiger partial charge in [0.2, 0.25) is 11.8 Å². The molecule has 1 saturated carbocycles. The maximum atomic E-state index is 12.9. The summed E-state index contributed by atoms with van der Waals surface area (Å²) in [7, 11) is 0. The average Bonchev–Trinajstić information content (AvgIpc) is 3.53. The van der Waals surface area contributed by atoms with Gasteiger partial charge in [-0.1, -0.05) is 41.9 Å². The maximum absolute atomic E-state index is 12.9. The molecule has 2 N–H and O–H groups in total. The van der Waals surface area contributed by atoms with Gasteiger partial charge >= 0.3 is 0 Å². The highest BCUT2D eigenvalue weighted by Gasteiger charge is 2.51. The number of anilines is 1. The number of carbonyl (C=O) groups is 2. The van der Waals surface area contributed by atoms with Gasteiger partial charge in [-0.2, -0.15) is 0 Å². The Labute approximate surface area is 176 Å². The molecule has 4 rings (SSSR count). The van der Waals surface area contributed by atoms with E-state index in [1.807, 2.05) is 54.6 Å². The van der Waals surface area contributed by atoms with Crippen molar-refractivity contribution in [2.75, 3.05) is 25.0 Å². The summed E-state index contributed by atoms with van der Waals surface area (Å²) in [5, 5.41) is 6.86. The summed E-state index contributed by atoms with van der Waals surface area (Å²) >= 11 is 5.98. The fraction of sp³-hybridized carbons (Fsp3) is 0.391. The first kappa shape index (κ1) is 19.9. The Kier molecular flexibility index (Phi) is 5.88. The molecule has 6 heteroatoms. The third-order valence-corrected chi connectivity index (χ3v) is 6.18. The molecule has 1 heterocycles. The molecule has 29 heavy (non-hydrogen) atoms. The molecule has 0 radical (unpaired) electrons. The smallest absolute Gasteiger partial charge is 0.238 e. The number of nitrogens with one attached hydrogen (secondary N) is 2. The van der Waals surface area contributed by atoms with Gasteiger partial charge < -0.3 is 10.6 Å². The van der Waals surface area contributed by atoms with Crippen molar-refractivity contribution in [2.24, 2.45) is 0 Å². The molecule has 0 spiro atoms. The van der Waals surface area contributed by atoms with Gasteiger partial charge in [-0.3, -0.25) is 14.5 Å². The zero-order valence-electron chi connectivity index (χ0n) is 16.4. The van der Waals surface area contributed by atoms with Crippen molar-refractivity contribution in [3.8, 4) is 0 Å². The normalized spacial score (nSPS) is 18.8. The zero-order chi connectivity index (χ0) is 20.3. The van der Waals surface area contributed by atoms with Crippen molar-refractivity contribution in [1.82, 2.24) is 10.2 Å². The summed E-state index contributed by atoms with van der Waals surface area (Å²) in [5.41, 5.74) is 1.49. The Morgan fingerprint density at radius 3 is 2.28 bits per heavy atom. The largest absolute Gasteiger partial charge is 0.353 e. The Bertz CT molecular complexity index is 857. The SMILES string of the molecule is O=C(CN1CCC(NC(=O)C2(c3ccc(Cl)cc3)CC2)CC1)Nc1ccccc1. The highest BCUT2D eigenvalue weighted by Crippen LogP contribution is 2.48. The van der Waals surface area contributed by atoms with Gasteiger partial charge in [0.05, 0.1) is 12.0 Å². The van der Waals surface area contributed by atoms with Crippen LogP contribution in [0, 0.1) is 0 Å². The second-order valence-corrected chi connectivity index (χ2v) is 8.46. The predicted molar refractivity (Wildman–Crippen MR) is 115 cm³/mol. The van der Waals surface area contributed by atoms with Crippen LogP contribution in [-0.4, -0.2) is 42.4 Å². The van der Waals surface area contributed by atoms with E-state index >= 15 is 0 Å². The summed E-state index contributed by atoms with van der Waals surface area (Å²) < 4.78 is 0. The molecule has 2 aromatic carbocycles. The van der Waals surface area contributed by atoms with Crippen molar-refractivity contribution in [2.45, 2.75) is 37.1 Å². The summed E-state index contributed by atoms with van der Waals surface area (Å²) in [6, 6.07) is 17.3. The number of piperidine rings is 1. The summed E-state index contributed by atoms with van der Waals surface area (Å²) in [4.78, 5) is 27.3. The van der Waals surface area contributed by atoms with E-state index in [-0.39, 0.29) is 23.3 Å². The number of hydrogen-bond donors (Lipinski definition) is 2.